The number of phenols is 1. The zero-order valence-electron chi connectivity index (χ0n) is 45.5. The van der Waals surface area contributed by atoms with Crippen molar-refractivity contribution in [1.82, 2.24) is 0 Å². The minimum absolute atomic E-state index is 0. The van der Waals surface area contributed by atoms with Crippen molar-refractivity contribution in [2.75, 3.05) is 6.61 Å². The molecule has 9 nitrogen and oxygen atoms in total. The number of phenolic OH excluding ortho intramolecular Hbond substituents is 1. The maximum absolute atomic E-state index is 14.8. The van der Waals surface area contributed by atoms with Gasteiger partial charge in [0.15, 0.2) is 30.4 Å². The second-order valence-electron chi connectivity index (χ2n) is 22.7. The first kappa shape index (κ1) is 84.6. The Balaban J connectivity index is 0. The first-order valence-electron chi connectivity index (χ1n) is 27.2. The van der Waals surface area contributed by atoms with Crippen molar-refractivity contribution >= 4 is 33.0 Å². The monoisotopic (exact) mass is 1280 g/mol. The van der Waals surface area contributed by atoms with Crippen LogP contribution in [0.1, 0.15) is 193 Å². The molecule has 4 aliphatic carbocycles. The van der Waals surface area contributed by atoms with Gasteiger partial charge in [-0.3, -0.25) is 9.59 Å². The topological polar surface area (TPSA) is 150 Å². The van der Waals surface area contributed by atoms with E-state index in [2.05, 4.69) is 91.0 Å². The molecule has 0 aromatic heterocycles. The Kier molecular flexibility index (Phi) is 32.8. The summed E-state index contributed by atoms with van der Waals surface area (Å²) in [5.74, 6) is -7.80. The second-order valence-corrected chi connectivity index (χ2v) is 26.1. The van der Waals surface area contributed by atoms with Crippen LogP contribution < -0.4 is 0 Å². The number of aliphatic hydroxyl groups is 1. The molecule has 4 atom stereocenters. The van der Waals surface area contributed by atoms with Gasteiger partial charge in [-0.25, -0.2) is 8.42 Å². The van der Waals surface area contributed by atoms with Crippen LogP contribution in [0.4, 0.5) is 30.7 Å². The summed E-state index contributed by atoms with van der Waals surface area (Å²) in [5, 5.41) is 14.4. The van der Waals surface area contributed by atoms with Gasteiger partial charge < -0.3 is 24.2 Å². The Morgan fingerprint density at radius 1 is 0.625 bits per heavy atom. The summed E-state index contributed by atoms with van der Waals surface area (Å²) in [6, 6.07) is 43.8. The van der Waals surface area contributed by atoms with Gasteiger partial charge in [0.2, 0.25) is 0 Å². The maximum atomic E-state index is 14.8. The van der Waals surface area contributed by atoms with Gasteiger partial charge in [0, 0.05) is 0 Å². The molecule has 4 fully saturated rings. The molecule has 0 amide bonds. The van der Waals surface area contributed by atoms with Crippen LogP contribution in [0, 0.1) is 35.0 Å². The van der Waals surface area contributed by atoms with E-state index in [0.29, 0.717) is 43.6 Å². The number of esters is 2. The van der Waals surface area contributed by atoms with E-state index >= 15 is 0 Å². The lowest BCUT2D eigenvalue weighted by molar-refractivity contribution is -0.258. The number of halogens is 7. The van der Waals surface area contributed by atoms with Gasteiger partial charge in [-0.2, -0.15) is 30.7 Å². The van der Waals surface area contributed by atoms with Gasteiger partial charge in [0.25, 0.3) is 0 Å². The summed E-state index contributed by atoms with van der Waals surface area (Å²) in [4.78, 5) is 32.5. The Hall–Kier alpha value is -5.43. The molecule has 4 saturated carbocycles. The van der Waals surface area contributed by atoms with E-state index < -0.39 is 86.5 Å². The van der Waals surface area contributed by atoms with E-state index in [-0.39, 0.29) is 107 Å². The molecule has 9 rings (SSSR count). The van der Waals surface area contributed by atoms with E-state index in [1.54, 1.807) is 12.1 Å². The summed E-state index contributed by atoms with van der Waals surface area (Å²) < 4.78 is 142. The number of hydrogen-bond acceptors (Lipinski definition) is 9. The lowest BCUT2D eigenvalue weighted by Gasteiger charge is -2.60. The Labute approximate surface area is 526 Å². The largest absolute Gasteiger partial charge is 0.743 e. The van der Waals surface area contributed by atoms with Crippen LogP contribution in [0.5, 0.6) is 5.75 Å². The second kappa shape index (κ2) is 34.1. The average molecular weight is 1290 g/mol. The molecule has 5 aromatic rings. The fourth-order valence-electron chi connectivity index (χ4n) is 12.5. The number of benzene rings is 5. The maximum Gasteiger partial charge on any atom is 0.421 e. The Morgan fingerprint density at radius 2 is 1.03 bits per heavy atom. The van der Waals surface area contributed by atoms with E-state index in [1.165, 1.54) is 52.8 Å². The molecule has 4 unspecified atom stereocenters. The number of carbonyl (C=O) groups is 2. The molecule has 4 bridgehead atoms. The smallest absolute Gasteiger partial charge is 0.421 e. The van der Waals surface area contributed by atoms with Gasteiger partial charge in [-0.1, -0.05) is 164 Å². The summed E-state index contributed by atoms with van der Waals surface area (Å²) in [6.07, 6.45) is -1.16. The van der Waals surface area contributed by atoms with Crippen molar-refractivity contribution in [3.8, 4) is 5.75 Å². The Morgan fingerprint density at radius 3 is 1.42 bits per heavy atom. The van der Waals surface area contributed by atoms with Crippen molar-refractivity contribution in [2.24, 2.45) is 35.0 Å². The molecule has 0 heterocycles. The number of hydrogen-bond donors (Lipinski definition) is 2. The summed E-state index contributed by atoms with van der Waals surface area (Å²) >= 11 is 0. The van der Waals surface area contributed by atoms with Gasteiger partial charge in [-0.05, 0) is 186 Å². The average Bonchev–Trinajstić information content (AvgIpc) is 0.775. The van der Waals surface area contributed by atoms with Crippen molar-refractivity contribution < 1.29 is 73.0 Å². The zero-order chi connectivity index (χ0) is 58.5. The summed E-state index contributed by atoms with van der Waals surface area (Å²) in [5.41, 5.74) is -4.72. The van der Waals surface area contributed by atoms with E-state index in [9.17, 15) is 63.5 Å². The van der Waals surface area contributed by atoms with Gasteiger partial charge >= 0.3 is 29.3 Å². The van der Waals surface area contributed by atoms with Crippen LogP contribution >= 0.6 is 0 Å². The van der Waals surface area contributed by atoms with Crippen LogP contribution in [-0.4, -0.2) is 64.7 Å². The molecule has 88 heavy (non-hydrogen) atoms. The minimum Gasteiger partial charge on any atom is -0.743 e. The number of carbonyl (C=O) groups excluding carboxylic acids is 2. The van der Waals surface area contributed by atoms with Crippen molar-refractivity contribution in [1.29, 1.82) is 0 Å². The van der Waals surface area contributed by atoms with Crippen LogP contribution in [0.25, 0.3) is 0 Å². The SMILES string of the molecule is C.C.C.C.C.C.C.C.CCC(CC(CC(CC(C)(C)C(=O)OCCC(F)(F)C(F)(F)S(=O)(=O)[O-])C(=O)OC1(CC)C2CC3CC(C2)CC1C3)c1ccc(C(C)(O)C(F)(F)F)cc1)c1ccc(O)cc1.c1ccc([S+](c2ccccc2)c2ccccc2)cc1. The van der Waals surface area contributed by atoms with E-state index in [4.69, 9.17) is 9.47 Å². The highest BCUT2D eigenvalue weighted by molar-refractivity contribution is 7.97. The lowest BCUT2D eigenvalue weighted by atomic mass is 9.49. The third-order valence-corrected chi connectivity index (χ3v) is 20.0. The molecule has 18 heteroatoms. The van der Waals surface area contributed by atoms with Crippen molar-refractivity contribution in [3.05, 3.63) is 156 Å². The molecular weight excluding hydrogens is 1180 g/mol. The molecule has 0 saturated heterocycles. The standard InChI is InChI=1S/C44H57F7O9S.C18H15S.8CH4/c1-6-28(29-10-14-36(52)15-11-29)23-31(30-8-12-33(13-9-30)40(5,55)43(47,48)49)24-32(37(53)60-41(7-2)34-19-26-18-27(21-34)22-35(41)20-26)25-39(3,4)38(54)59-17-16-42(45,46)44(50,51)61(56,57)58;1-4-10-16(11-5-1)19(17-12-6-2-7-13-17)18-14-8-3-9-15-18;;;;;;;;/h8-15,26-28,31-32,34-35,52,55H,6-7,16-25H2,1-5H3,(H,56,57,58);1-15H;8*1H4/q;+1;;;;;;;;/p-1. The molecule has 2 N–H and O–H groups in total. The molecule has 0 aliphatic heterocycles. The number of aromatic hydroxyl groups is 1. The molecule has 4 aliphatic rings. The normalized spacial score (nSPS) is 20.1. The van der Waals surface area contributed by atoms with Gasteiger partial charge in [0.1, 0.15) is 11.4 Å². The van der Waals surface area contributed by atoms with Crippen LogP contribution in [0.3, 0.4) is 0 Å². The first-order valence-corrected chi connectivity index (χ1v) is 29.9. The molecular formula is C70H103F7O9S2. The number of alkyl halides is 7. The quantitative estimate of drug-likeness (QED) is 0.0299. The van der Waals surface area contributed by atoms with Crippen LogP contribution in [0.2, 0.25) is 0 Å². The summed E-state index contributed by atoms with van der Waals surface area (Å²) in [6.45, 7) is 5.85. The number of rotatable bonds is 22. The highest BCUT2D eigenvalue weighted by atomic mass is 32.2. The zero-order valence-corrected chi connectivity index (χ0v) is 47.2. The minimum atomic E-state index is -6.77. The fraction of sp³-hybridized carbons (Fsp3) is 0.543. The highest BCUT2D eigenvalue weighted by Crippen LogP contribution is 2.61. The molecule has 0 radical (unpaired) electrons. The van der Waals surface area contributed by atoms with Gasteiger partial charge in [0.05, 0.1) is 35.3 Å². The van der Waals surface area contributed by atoms with E-state index in [0.717, 1.165) is 49.8 Å². The lowest BCUT2D eigenvalue weighted by Crippen LogP contribution is -2.59. The molecule has 498 valence electrons. The third kappa shape index (κ3) is 19.1. The molecule has 0 spiro atoms. The van der Waals surface area contributed by atoms with Crippen molar-refractivity contribution in [2.45, 2.75) is 220 Å². The van der Waals surface area contributed by atoms with Crippen molar-refractivity contribution in [3.63, 3.8) is 0 Å². The highest BCUT2D eigenvalue weighted by Gasteiger charge is 2.62. The fourth-order valence-corrected chi connectivity index (χ4v) is 15.1. The third-order valence-electron chi connectivity index (χ3n) is 16.8. The van der Waals surface area contributed by atoms with Gasteiger partial charge in [-0.15, -0.1) is 0 Å². The van der Waals surface area contributed by atoms with Crippen LogP contribution in [0.15, 0.2) is 154 Å². The predicted molar refractivity (Wildman–Crippen MR) is 344 cm³/mol. The predicted octanol–water partition coefficient (Wildman–Crippen LogP) is 20.0. The van der Waals surface area contributed by atoms with Crippen LogP contribution in [-0.2, 0) is 45.7 Å². The van der Waals surface area contributed by atoms with E-state index in [1.807, 2.05) is 13.8 Å². The first-order chi connectivity index (χ1) is 37.5. The Bertz CT molecular complexity index is 2820. The summed E-state index contributed by atoms with van der Waals surface area (Å²) in [7, 11) is -6.79. The molecule has 5 aromatic carbocycles. The number of ether oxygens (including phenoxy) is 2.